The molecule has 1 saturated carbocycles. The minimum Gasteiger partial charge on any atom is -0.507 e. The Morgan fingerprint density at radius 3 is 2.43 bits per heavy atom. The molecule has 7 nitrogen and oxygen atoms in total. The molecule has 3 aliphatic carbocycles. The quantitative estimate of drug-likeness (QED) is 0.247. The third-order valence-corrected chi connectivity index (χ3v) is 11.1. The fourth-order valence-electron chi connectivity index (χ4n) is 6.22. The number of ketones is 2. The molecule has 1 fully saturated rings. The number of phenolic OH excluding ortho intramolecular Hbond substituents is 1. The van der Waals surface area contributed by atoms with E-state index in [1.165, 1.54) is 7.11 Å². The van der Waals surface area contributed by atoms with Crippen LogP contribution >= 0.6 is 45.2 Å². The molecule has 1 amide bonds. The fraction of sp³-hybridized carbons (Fsp3) is 0.321. The molecular weight excluding hydrogens is 700 g/mol. The number of carbonyl (C=O) groups is 3. The van der Waals surface area contributed by atoms with Crippen molar-refractivity contribution in [2.75, 3.05) is 7.11 Å². The number of aryl methyl sites for hydroxylation is 1. The van der Waals surface area contributed by atoms with Gasteiger partial charge in [0, 0.05) is 24.7 Å². The number of Topliss-reactive ketones (excluding diaryl/α,β-unsaturated/α-hetero) is 2. The van der Waals surface area contributed by atoms with E-state index in [4.69, 9.17) is 4.74 Å². The largest absolute Gasteiger partial charge is 0.507 e. The van der Waals surface area contributed by atoms with Gasteiger partial charge in [-0.1, -0.05) is 6.07 Å². The fourth-order valence-corrected chi connectivity index (χ4v) is 7.07. The van der Waals surface area contributed by atoms with E-state index in [-0.39, 0.29) is 52.2 Å². The van der Waals surface area contributed by atoms with Crippen molar-refractivity contribution < 1.29 is 35.1 Å². The average Bonchev–Trinajstić information content (AvgIpc) is 2.84. The van der Waals surface area contributed by atoms with Gasteiger partial charge in [0.05, 0.1) is 18.1 Å². The van der Waals surface area contributed by atoms with E-state index >= 15 is 0 Å². The molecule has 37 heavy (non-hydrogen) atoms. The molecule has 0 heterocycles. The van der Waals surface area contributed by atoms with Crippen LogP contribution in [0.15, 0.2) is 41.2 Å². The van der Waals surface area contributed by atoms with Gasteiger partial charge in [-0.25, -0.2) is 4.79 Å². The van der Waals surface area contributed by atoms with Crippen molar-refractivity contribution in [2.45, 2.75) is 33.1 Å². The smallest absolute Gasteiger partial charge is 0.348 e. The van der Waals surface area contributed by atoms with Crippen LogP contribution in [0.4, 0.5) is 0 Å². The summed E-state index contributed by atoms with van der Waals surface area (Å²) in [5.41, 5.74) is 5.16. The molecule has 9 heteroatoms. The predicted octanol–water partition coefficient (Wildman–Crippen LogP) is 4.26. The molecule has 0 bridgehead atoms. The van der Waals surface area contributed by atoms with Crippen LogP contribution in [0, 0.1) is 31.3 Å². The molecule has 0 spiro atoms. The van der Waals surface area contributed by atoms with Gasteiger partial charge in [0.15, 0.2) is 17.1 Å². The van der Waals surface area contributed by atoms with E-state index in [0.29, 0.717) is 18.4 Å². The number of rotatable bonds is 3. The minimum absolute atomic E-state index is 0.0914. The number of halogens is 2. The molecule has 0 aromatic heterocycles. The number of ether oxygens (including phenoxy) is 1. The summed E-state index contributed by atoms with van der Waals surface area (Å²) in [5.74, 6) is -2.60. The third-order valence-electron chi connectivity index (χ3n) is 8.25. The van der Waals surface area contributed by atoms with Crippen molar-refractivity contribution in [1.82, 2.24) is 0 Å². The van der Waals surface area contributed by atoms with Gasteiger partial charge in [-0.15, -0.1) is 0 Å². The van der Waals surface area contributed by atoms with Crippen LogP contribution < -0.4 is 5.73 Å². The Morgan fingerprint density at radius 1 is 1.11 bits per heavy atom. The molecule has 0 saturated heterocycles. The highest BCUT2D eigenvalue weighted by atomic mass is 127. The second kappa shape index (κ2) is 9.19. The lowest BCUT2D eigenvalue weighted by molar-refractivity contribution is -0.299. The van der Waals surface area contributed by atoms with Crippen molar-refractivity contribution in [2.24, 2.45) is 17.3 Å². The molecule has 0 aliphatic heterocycles. The van der Waals surface area contributed by atoms with E-state index in [1.54, 1.807) is 6.92 Å². The zero-order chi connectivity index (χ0) is 27.0. The second-order valence-corrected chi connectivity index (χ2v) is 12.5. The zero-order valence-electron chi connectivity index (χ0n) is 20.6. The number of hydrogen-bond acceptors (Lipinski definition) is 6. The first-order chi connectivity index (χ1) is 17.4. The number of aliphatic hydroxyl groups excluding tert-OH is 1. The summed E-state index contributed by atoms with van der Waals surface area (Å²) >= 11 is 4.48. The van der Waals surface area contributed by atoms with Crippen LogP contribution in [-0.4, -0.2) is 34.8 Å². The van der Waals surface area contributed by atoms with E-state index in [1.807, 2.05) is 31.2 Å². The van der Waals surface area contributed by atoms with Gasteiger partial charge >= 0.3 is 5.91 Å². The molecule has 5 rings (SSSR count). The standard InChI is InChI=1S/C28H25I2NO6/c1-11-6-16(12-4-5-17(29)18(30)9-12)23(32)21-15(11)8-13-7-14-10-19(37-3)22(27(31)36)26(35)28(14,2)25(34)20(13)24(21)33/h4-6,9,13-14,32-33H,7-8,10H2,1-3H3,(H2,31,36)/p+1. The molecule has 3 atom stereocenters. The number of quaternary nitrogens is 1. The van der Waals surface area contributed by atoms with Crippen LogP contribution in [0.1, 0.15) is 36.5 Å². The first kappa shape index (κ1) is 26.4. The maximum absolute atomic E-state index is 14.0. The summed E-state index contributed by atoms with van der Waals surface area (Å²) in [6.07, 6.45) is 1.20. The molecule has 2 aromatic carbocycles. The SMILES string of the molecule is COC1=C(C([NH3+])=O)C(=O)C2(C)C(=O)C3=C(O)c4c(O)c(-c5ccc(I)c(I)c5)cc(C)c4CC3CC2C1. The normalized spacial score (nSPS) is 25.0. The van der Waals surface area contributed by atoms with Crippen LogP contribution in [0.3, 0.4) is 0 Å². The molecule has 0 radical (unpaired) electrons. The molecule has 3 aliphatic rings. The number of allylic oxidation sites excluding steroid dienone is 2. The number of hydrogen-bond donors (Lipinski definition) is 3. The summed E-state index contributed by atoms with van der Waals surface area (Å²) in [6, 6.07) is 7.76. The van der Waals surface area contributed by atoms with Crippen LogP contribution in [-0.2, 0) is 25.5 Å². The van der Waals surface area contributed by atoms with Crippen LogP contribution in [0.2, 0.25) is 0 Å². The highest BCUT2D eigenvalue weighted by molar-refractivity contribution is 14.1. The highest BCUT2D eigenvalue weighted by Crippen LogP contribution is 2.56. The highest BCUT2D eigenvalue weighted by Gasteiger charge is 2.60. The maximum Gasteiger partial charge on any atom is 0.348 e. The van der Waals surface area contributed by atoms with Gasteiger partial charge in [0.25, 0.3) is 0 Å². The van der Waals surface area contributed by atoms with Crippen molar-refractivity contribution in [3.05, 3.63) is 65.0 Å². The molecule has 192 valence electrons. The monoisotopic (exact) mass is 726 g/mol. The summed E-state index contributed by atoms with van der Waals surface area (Å²) in [5, 5.41) is 22.9. The predicted molar refractivity (Wildman–Crippen MR) is 153 cm³/mol. The Balaban J connectivity index is 1.68. The lowest BCUT2D eigenvalue weighted by Crippen LogP contribution is -2.63. The van der Waals surface area contributed by atoms with E-state index in [9.17, 15) is 24.6 Å². The van der Waals surface area contributed by atoms with E-state index in [0.717, 1.165) is 23.8 Å². The summed E-state index contributed by atoms with van der Waals surface area (Å²) in [6.45, 7) is 3.49. The summed E-state index contributed by atoms with van der Waals surface area (Å²) < 4.78 is 7.49. The third kappa shape index (κ3) is 3.79. The summed E-state index contributed by atoms with van der Waals surface area (Å²) in [7, 11) is 1.41. The first-order valence-corrected chi connectivity index (χ1v) is 14.0. The lowest BCUT2D eigenvalue weighted by atomic mass is 9.53. The average molecular weight is 726 g/mol. The number of aliphatic hydroxyl groups is 1. The van der Waals surface area contributed by atoms with Gasteiger partial charge in [-0.2, -0.15) is 0 Å². The molecule has 3 unspecified atom stereocenters. The van der Waals surface area contributed by atoms with Crippen LogP contribution in [0.25, 0.3) is 16.9 Å². The lowest BCUT2D eigenvalue weighted by Gasteiger charge is -2.47. The van der Waals surface area contributed by atoms with Gasteiger partial charge in [0.2, 0.25) is 0 Å². The first-order valence-electron chi connectivity index (χ1n) is 11.9. The number of phenols is 1. The van der Waals surface area contributed by atoms with Crippen LogP contribution in [0.5, 0.6) is 5.75 Å². The number of benzene rings is 2. The minimum atomic E-state index is -1.52. The van der Waals surface area contributed by atoms with Crippen molar-refractivity contribution in [3.63, 3.8) is 0 Å². The number of aromatic hydroxyl groups is 1. The maximum atomic E-state index is 14.0. The molecule has 5 N–H and O–H groups in total. The van der Waals surface area contributed by atoms with Gasteiger partial charge in [-0.05, 0) is 119 Å². The van der Waals surface area contributed by atoms with Crippen molar-refractivity contribution >= 4 is 68.4 Å². The molecule has 2 aromatic rings. The number of methoxy groups -OCH3 is 1. The van der Waals surface area contributed by atoms with Gasteiger partial charge < -0.3 is 14.9 Å². The summed E-state index contributed by atoms with van der Waals surface area (Å²) in [4.78, 5) is 39.8. The van der Waals surface area contributed by atoms with Crippen molar-refractivity contribution in [3.8, 4) is 16.9 Å². The Hall–Kier alpha value is -2.25. The Bertz CT molecular complexity index is 1490. The topological polar surface area (TPSA) is 129 Å². The Kier molecular flexibility index (Phi) is 6.55. The second-order valence-electron chi connectivity index (χ2n) is 10.2. The van der Waals surface area contributed by atoms with Gasteiger partial charge in [-0.3, -0.25) is 15.3 Å². The van der Waals surface area contributed by atoms with Gasteiger partial charge in [0.1, 0.15) is 17.3 Å². The van der Waals surface area contributed by atoms with Crippen molar-refractivity contribution in [1.29, 1.82) is 0 Å². The molecular formula is C28H26I2NO6+. The number of amides is 1. The Labute approximate surface area is 241 Å². The number of carbonyl (C=O) groups excluding carboxylic acids is 3. The zero-order valence-corrected chi connectivity index (χ0v) is 24.9. The van der Waals surface area contributed by atoms with E-state index < -0.39 is 22.9 Å². The number of fused-ring (bicyclic) bond motifs is 3. The Morgan fingerprint density at radius 2 is 1.81 bits per heavy atom. The van der Waals surface area contributed by atoms with E-state index in [2.05, 4.69) is 50.9 Å².